The van der Waals surface area contributed by atoms with E-state index in [1.807, 2.05) is 69.9 Å². The number of hydrogen-bond acceptors (Lipinski definition) is 7. The van der Waals surface area contributed by atoms with E-state index in [9.17, 15) is 14.7 Å². The molecule has 0 spiro atoms. The molecule has 0 saturated carbocycles. The van der Waals surface area contributed by atoms with Gasteiger partial charge < -0.3 is 19.3 Å². The largest absolute Gasteiger partial charge is 0.497 e. The molecule has 3 aromatic heterocycles. The average Bonchev–Trinajstić information content (AvgIpc) is 3.68. The van der Waals surface area contributed by atoms with Crippen LogP contribution < -0.4 is 10.3 Å². The van der Waals surface area contributed by atoms with Gasteiger partial charge in [-0.2, -0.15) is 5.10 Å². The third kappa shape index (κ3) is 6.27. The van der Waals surface area contributed by atoms with Crippen molar-refractivity contribution in [2.75, 3.05) is 33.3 Å². The molecule has 0 bridgehead atoms. The van der Waals surface area contributed by atoms with E-state index in [4.69, 9.17) is 4.74 Å². The Hall–Kier alpha value is -4.74. The van der Waals surface area contributed by atoms with Gasteiger partial charge in [0.05, 0.1) is 30.3 Å². The lowest BCUT2D eigenvalue weighted by Crippen LogP contribution is -2.53. The van der Waals surface area contributed by atoms with Crippen molar-refractivity contribution in [1.29, 1.82) is 0 Å². The Labute approximate surface area is 280 Å². The van der Waals surface area contributed by atoms with Gasteiger partial charge in [-0.1, -0.05) is 30.3 Å². The molecule has 2 aliphatic heterocycles. The van der Waals surface area contributed by atoms with E-state index in [0.717, 1.165) is 48.9 Å². The number of piperidine rings is 2. The highest BCUT2D eigenvalue weighted by Crippen LogP contribution is 2.36. The fraction of sp³-hybridized carbons (Fsp3) is 0.405. The van der Waals surface area contributed by atoms with Crippen LogP contribution >= 0.6 is 0 Å². The minimum absolute atomic E-state index is 0.0691. The molecule has 11 nitrogen and oxygen atoms in total. The van der Waals surface area contributed by atoms with Crippen LogP contribution in [-0.2, 0) is 24.9 Å². The van der Waals surface area contributed by atoms with Gasteiger partial charge in [0.25, 0.3) is 5.56 Å². The number of fused-ring (bicyclic) bond motifs is 1. The maximum absolute atomic E-state index is 14.1. The van der Waals surface area contributed by atoms with Crippen molar-refractivity contribution < 1.29 is 14.6 Å². The van der Waals surface area contributed by atoms with Crippen LogP contribution in [0.2, 0.25) is 0 Å². The number of methoxy groups -OCH3 is 1. The SMILES string of the molecule is COc1ccc(-n2ccc3c(=O)n(CC4(O)CCN(C(=O)[C@@H]5CCN(Cc6cc(C)n(C)n6)C[C@H]5c5ccccc5)CC4)cnc32)cc1. The fourth-order valence-electron chi connectivity index (χ4n) is 7.41. The molecule has 1 N–H and O–H groups in total. The van der Waals surface area contributed by atoms with E-state index in [-0.39, 0.29) is 29.8 Å². The van der Waals surface area contributed by atoms with E-state index < -0.39 is 5.60 Å². The Balaban J connectivity index is 1.02. The first-order valence-corrected chi connectivity index (χ1v) is 16.7. The van der Waals surface area contributed by atoms with E-state index >= 15 is 0 Å². The van der Waals surface area contributed by atoms with E-state index in [1.54, 1.807) is 13.2 Å². The predicted octanol–water partition coefficient (Wildman–Crippen LogP) is 3.90. The standard InChI is InChI=1S/C37H43N7O4/c1-26-21-28(39-40(26)2)22-41-17-13-31(33(23-41)27-7-5-4-6-8-27)35(45)42-19-15-37(47,16-20-42)24-43-25-38-34-32(36(43)46)14-18-44(34)29-9-11-30(48-3)12-10-29/h4-12,14,18,21,25,31,33,47H,13,15-17,19-20,22-24H2,1-3H3/t31-,33+/m1/s1. The molecule has 2 saturated heterocycles. The third-order valence-corrected chi connectivity index (χ3v) is 10.3. The number of aliphatic hydroxyl groups is 1. The van der Waals surface area contributed by atoms with Gasteiger partial charge in [0, 0.05) is 62.6 Å². The quantitative estimate of drug-likeness (QED) is 0.272. The van der Waals surface area contributed by atoms with Gasteiger partial charge in [-0.25, -0.2) is 4.98 Å². The summed E-state index contributed by atoms with van der Waals surface area (Å²) >= 11 is 0. The van der Waals surface area contributed by atoms with Crippen LogP contribution in [0.25, 0.3) is 16.7 Å². The summed E-state index contributed by atoms with van der Waals surface area (Å²) in [4.78, 5) is 36.6. The third-order valence-electron chi connectivity index (χ3n) is 10.3. The minimum Gasteiger partial charge on any atom is -0.497 e. The van der Waals surface area contributed by atoms with Gasteiger partial charge in [0.15, 0.2) is 5.65 Å². The summed E-state index contributed by atoms with van der Waals surface area (Å²) < 4.78 is 10.5. The minimum atomic E-state index is -1.11. The number of rotatable bonds is 8. The summed E-state index contributed by atoms with van der Waals surface area (Å²) in [5.41, 5.74) is 3.47. The number of carbonyl (C=O) groups is 1. The monoisotopic (exact) mass is 649 g/mol. The Kier molecular flexibility index (Phi) is 8.65. The second kappa shape index (κ2) is 13.0. The summed E-state index contributed by atoms with van der Waals surface area (Å²) in [5.74, 6) is 0.836. The van der Waals surface area contributed by atoms with Gasteiger partial charge in [0.2, 0.25) is 5.91 Å². The summed E-state index contributed by atoms with van der Waals surface area (Å²) in [7, 11) is 3.59. The first kappa shape index (κ1) is 31.8. The van der Waals surface area contributed by atoms with Crippen LogP contribution in [0.15, 0.2) is 84.0 Å². The lowest BCUT2D eigenvalue weighted by Gasteiger charge is -2.43. The molecule has 0 radical (unpaired) electrons. The highest BCUT2D eigenvalue weighted by Gasteiger charge is 2.41. The van der Waals surface area contributed by atoms with Crippen molar-refractivity contribution in [3.05, 3.63) is 107 Å². The Morgan fingerprint density at radius 1 is 1.04 bits per heavy atom. The molecule has 0 aliphatic carbocycles. The number of likely N-dealkylation sites (tertiary alicyclic amines) is 2. The first-order chi connectivity index (χ1) is 23.2. The number of carbonyl (C=O) groups excluding carboxylic acids is 1. The van der Waals surface area contributed by atoms with Crippen LogP contribution in [0.1, 0.15) is 42.1 Å². The first-order valence-electron chi connectivity index (χ1n) is 16.7. The van der Waals surface area contributed by atoms with Crippen LogP contribution in [-0.4, -0.2) is 83.6 Å². The molecule has 5 aromatic rings. The van der Waals surface area contributed by atoms with Crippen LogP contribution in [0.4, 0.5) is 0 Å². The second-order valence-electron chi connectivity index (χ2n) is 13.4. The number of ether oxygens (including phenoxy) is 1. The van der Waals surface area contributed by atoms with Gasteiger partial charge >= 0.3 is 0 Å². The van der Waals surface area contributed by atoms with Crippen molar-refractivity contribution >= 4 is 16.9 Å². The fourth-order valence-corrected chi connectivity index (χ4v) is 7.41. The Bertz CT molecular complexity index is 1940. The lowest BCUT2D eigenvalue weighted by molar-refractivity contribution is -0.142. The number of hydrogen-bond donors (Lipinski definition) is 1. The lowest BCUT2D eigenvalue weighted by atomic mass is 9.79. The molecule has 2 aromatic carbocycles. The van der Waals surface area contributed by atoms with Crippen molar-refractivity contribution in [3.8, 4) is 11.4 Å². The molecule has 250 valence electrons. The van der Waals surface area contributed by atoms with Crippen LogP contribution in [0, 0.1) is 12.8 Å². The number of amides is 1. The van der Waals surface area contributed by atoms with Gasteiger partial charge in [-0.05, 0) is 74.7 Å². The molecular formula is C37H43N7O4. The number of aromatic nitrogens is 5. The van der Waals surface area contributed by atoms with Crippen molar-refractivity contribution in [2.24, 2.45) is 13.0 Å². The van der Waals surface area contributed by atoms with Gasteiger partial charge in [-0.15, -0.1) is 0 Å². The normalized spacial score (nSPS) is 19.9. The molecule has 11 heteroatoms. The number of benzene rings is 2. The van der Waals surface area contributed by atoms with E-state index in [1.165, 1.54) is 16.5 Å². The van der Waals surface area contributed by atoms with E-state index in [0.29, 0.717) is 37.0 Å². The number of nitrogens with zero attached hydrogens (tertiary/aromatic N) is 7. The average molecular weight is 650 g/mol. The second-order valence-corrected chi connectivity index (χ2v) is 13.4. The highest BCUT2D eigenvalue weighted by molar-refractivity contribution is 5.80. The zero-order valence-corrected chi connectivity index (χ0v) is 27.8. The molecule has 0 unspecified atom stereocenters. The highest BCUT2D eigenvalue weighted by atomic mass is 16.5. The van der Waals surface area contributed by atoms with Crippen molar-refractivity contribution in [2.45, 2.75) is 50.8 Å². The molecule has 5 heterocycles. The summed E-state index contributed by atoms with van der Waals surface area (Å²) in [5, 5.41) is 16.8. The molecule has 2 aliphatic rings. The smallest absolute Gasteiger partial charge is 0.262 e. The summed E-state index contributed by atoms with van der Waals surface area (Å²) in [6.45, 7) is 5.45. The summed E-state index contributed by atoms with van der Waals surface area (Å²) in [6.07, 6.45) is 4.90. The molecule has 2 fully saturated rings. The van der Waals surface area contributed by atoms with Crippen molar-refractivity contribution in [3.63, 3.8) is 0 Å². The maximum Gasteiger partial charge on any atom is 0.262 e. The topological polar surface area (TPSA) is 111 Å². The van der Waals surface area contributed by atoms with Gasteiger partial charge in [-0.3, -0.25) is 23.7 Å². The molecule has 1 amide bonds. The summed E-state index contributed by atoms with van der Waals surface area (Å²) in [6, 6.07) is 21.8. The molecule has 7 rings (SSSR count). The zero-order chi connectivity index (χ0) is 33.4. The van der Waals surface area contributed by atoms with Gasteiger partial charge in [0.1, 0.15) is 12.1 Å². The van der Waals surface area contributed by atoms with Crippen LogP contribution in [0.3, 0.4) is 0 Å². The zero-order valence-electron chi connectivity index (χ0n) is 27.8. The number of aryl methyl sites for hydroxylation is 2. The Morgan fingerprint density at radius 3 is 2.48 bits per heavy atom. The molecule has 48 heavy (non-hydrogen) atoms. The molecular weight excluding hydrogens is 606 g/mol. The maximum atomic E-state index is 14.1. The molecule has 2 atom stereocenters. The van der Waals surface area contributed by atoms with Crippen LogP contribution in [0.5, 0.6) is 5.75 Å². The Morgan fingerprint density at radius 2 is 1.79 bits per heavy atom. The predicted molar refractivity (Wildman–Crippen MR) is 183 cm³/mol. The van der Waals surface area contributed by atoms with E-state index in [2.05, 4.69) is 40.1 Å². The van der Waals surface area contributed by atoms with Crippen molar-refractivity contribution in [1.82, 2.24) is 33.7 Å².